The van der Waals surface area contributed by atoms with E-state index in [9.17, 15) is 4.79 Å². The Morgan fingerprint density at radius 3 is 2.20 bits per heavy atom. The average molecular weight is 266 g/mol. The number of carbonyl (C=O) groups excluding carboxylic acids is 1. The summed E-state index contributed by atoms with van der Waals surface area (Å²) in [6.07, 6.45) is 0. The van der Waals surface area contributed by atoms with E-state index in [0.29, 0.717) is 25.8 Å². The van der Waals surface area contributed by atoms with Crippen LogP contribution < -0.4 is 0 Å². The number of hydrogen-bond acceptors (Lipinski definition) is 2. The molecule has 0 heterocycles. The van der Waals surface area contributed by atoms with Crippen LogP contribution >= 0.6 is 0 Å². The van der Waals surface area contributed by atoms with E-state index in [1.54, 1.807) is 0 Å². The molecule has 2 nitrogen and oxygen atoms in total. The molecular weight excluding hydrogens is 263 g/mol. The zero-order valence-corrected chi connectivity index (χ0v) is 6.70. The fourth-order valence-corrected chi connectivity index (χ4v) is 0. The van der Waals surface area contributed by atoms with Gasteiger partial charge in [0.1, 0.15) is 0 Å². The molecule has 27 valence electrons. The van der Waals surface area contributed by atoms with Crippen molar-refractivity contribution in [3.63, 3.8) is 0 Å². The number of methoxy groups -OCH3 is 1. The summed E-state index contributed by atoms with van der Waals surface area (Å²) in [5.41, 5.74) is 0. The molecule has 3 heteroatoms. The minimum absolute atomic E-state index is 0.106. The first kappa shape index (κ1) is 5.39. The maximum atomic E-state index is 9.65. The molecule has 0 rings (SSSR count). The topological polar surface area (TPSA) is 26.3 Å². The molecule has 0 aromatic heterocycles. The Labute approximate surface area is 46.2 Å². The van der Waals surface area contributed by atoms with Crippen molar-refractivity contribution in [3.8, 4) is 0 Å². The van der Waals surface area contributed by atoms with Gasteiger partial charge in [0, 0.05) is 0 Å². The van der Waals surface area contributed by atoms with E-state index in [4.69, 9.17) is 0 Å². The van der Waals surface area contributed by atoms with Gasteiger partial charge in [0.25, 0.3) is 0 Å². The molecule has 0 atom stereocenters. The summed E-state index contributed by atoms with van der Waals surface area (Å²) in [6, 6.07) is 0. The van der Waals surface area contributed by atoms with E-state index in [-0.39, 0.29) is 3.53 Å². The van der Waals surface area contributed by atoms with Crippen molar-refractivity contribution in [2.75, 3.05) is 7.11 Å². The van der Waals surface area contributed by atoms with E-state index in [0.717, 1.165) is 0 Å². The molecule has 5 heavy (non-hydrogen) atoms. The van der Waals surface area contributed by atoms with Gasteiger partial charge in [-0.3, -0.25) is 0 Å². The molecule has 0 saturated carbocycles. The van der Waals surface area contributed by atoms with Crippen LogP contribution in [-0.4, -0.2) is 36.4 Å². The fraction of sp³-hybridized carbons (Fsp3) is 0.500. The fourth-order valence-electron chi connectivity index (χ4n) is 0. The summed E-state index contributed by atoms with van der Waals surface area (Å²) >= 11 is 0.508. The van der Waals surface area contributed by atoms with Crippen LogP contribution in [0.2, 0.25) is 0 Å². The summed E-state index contributed by atoms with van der Waals surface area (Å²) in [5.74, 6) is 0. The molecule has 0 aliphatic rings. The standard InChI is InChI=1S/C2H3O2.Pb/c1-4-2-3;/h1H3;. The van der Waals surface area contributed by atoms with Crippen LogP contribution in [-0.2, 0) is 4.74 Å². The molecule has 0 aliphatic heterocycles. The normalized spacial score (nSPS) is 6.80. The monoisotopic (exact) mass is 267 g/mol. The number of hydrogen-bond donors (Lipinski definition) is 0. The van der Waals surface area contributed by atoms with Gasteiger partial charge in [0.15, 0.2) is 0 Å². The van der Waals surface area contributed by atoms with Crippen molar-refractivity contribution < 1.29 is 9.53 Å². The van der Waals surface area contributed by atoms with Crippen LogP contribution in [0, 0.1) is 0 Å². The second-order valence-electron chi connectivity index (χ2n) is 0.492. The zero-order valence-electron chi connectivity index (χ0n) is 2.82. The van der Waals surface area contributed by atoms with Crippen molar-refractivity contribution in [1.29, 1.82) is 0 Å². The van der Waals surface area contributed by atoms with Gasteiger partial charge in [-0.2, -0.15) is 0 Å². The van der Waals surface area contributed by atoms with Crippen LogP contribution in [0.25, 0.3) is 0 Å². The summed E-state index contributed by atoms with van der Waals surface area (Å²) in [4.78, 5) is 9.65. The molecule has 0 unspecified atom stereocenters. The molecule has 3 radical (unpaired) electrons. The van der Waals surface area contributed by atoms with Gasteiger partial charge in [-0.05, 0) is 0 Å². The second-order valence-corrected chi connectivity index (χ2v) is 2.08. The zero-order chi connectivity index (χ0) is 4.28. The predicted molar refractivity (Wildman–Crippen MR) is 18.2 cm³/mol. The summed E-state index contributed by atoms with van der Waals surface area (Å²) < 4.78 is 4.07. The van der Waals surface area contributed by atoms with Crippen molar-refractivity contribution in [2.24, 2.45) is 0 Å². The van der Waals surface area contributed by atoms with Gasteiger partial charge < -0.3 is 0 Å². The average Bonchev–Trinajstić information content (AvgIpc) is 1.38. The van der Waals surface area contributed by atoms with Gasteiger partial charge >= 0.3 is 45.9 Å². The summed E-state index contributed by atoms with van der Waals surface area (Å²) in [7, 11) is 1.38. The van der Waals surface area contributed by atoms with Crippen molar-refractivity contribution in [3.05, 3.63) is 0 Å². The third-order valence-electron chi connectivity index (χ3n) is 0.185. The Morgan fingerprint density at radius 1 is 2.00 bits per heavy atom. The number of carbonyl (C=O) groups is 1. The molecule has 0 fully saturated rings. The molecular formula is C2H3O2Pb. The van der Waals surface area contributed by atoms with Crippen LogP contribution in [0.3, 0.4) is 0 Å². The molecule has 0 saturated heterocycles. The van der Waals surface area contributed by atoms with E-state index >= 15 is 0 Å². The van der Waals surface area contributed by atoms with Crippen LogP contribution in [0.5, 0.6) is 0 Å². The number of rotatable bonds is 0. The molecule has 0 aromatic carbocycles. The predicted octanol–water partition coefficient (Wildman–Crippen LogP) is -0.0787. The Hall–Kier alpha value is 0.392. The number of ether oxygens (including phenoxy) is 1. The molecule has 0 aromatic rings. The minimum atomic E-state index is -0.106. The Kier molecular flexibility index (Phi) is 2.83. The molecule has 0 N–H and O–H groups in total. The Balaban J connectivity index is 2.85. The van der Waals surface area contributed by atoms with Gasteiger partial charge in [-0.1, -0.05) is 0 Å². The van der Waals surface area contributed by atoms with Gasteiger partial charge in [-0.25, -0.2) is 0 Å². The van der Waals surface area contributed by atoms with Crippen LogP contribution in [0.1, 0.15) is 0 Å². The maximum absolute atomic E-state index is 9.65. The first-order chi connectivity index (χ1) is 2.27. The Bertz CT molecular complexity index is 42.9. The van der Waals surface area contributed by atoms with Gasteiger partial charge in [0.2, 0.25) is 0 Å². The molecule has 0 spiro atoms. The first-order valence-electron chi connectivity index (χ1n) is 1.07. The SMILES string of the molecule is CO[C](=O)[Pb]. The second kappa shape index (κ2) is 2.62. The third-order valence-corrected chi connectivity index (χ3v) is 0.979. The quantitative estimate of drug-likeness (QED) is 0.573. The Morgan fingerprint density at radius 2 is 2.20 bits per heavy atom. The van der Waals surface area contributed by atoms with Crippen molar-refractivity contribution in [1.82, 2.24) is 0 Å². The third kappa shape index (κ3) is 4.39. The molecule has 0 bridgehead atoms. The van der Waals surface area contributed by atoms with Crippen molar-refractivity contribution in [2.45, 2.75) is 0 Å². The van der Waals surface area contributed by atoms with Crippen LogP contribution in [0.4, 0.5) is 4.79 Å². The van der Waals surface area contributed by atoms with E-state index < -0.39 is 0 Å². The van der Waals surface area contributed by atoms with E-state index in [1.165, 1.54) is 7.11 Å². The van der Waals surface area contributed by atoms with Gasteiger partial charge in [0.05, 0.1) is 0 Å². The van der Waals surface area contributed by atoms with Crippen LogP contribution in [0.15, 0.2) is 0 Å². The summed E-state index contributed by atoms with van der Waals surface area (Å²) in [5, 5.41) is 0. The van der Waals surface area contributed by atoms with E-state index in [2.05, 4.69) is 4.74 Å². The summed E-state index contributed by atoms with van der Waals surface area (Å²) in [6.45, 7) is 0. The molecule has 0 aliphatic carbocycles. The van der Waals surface area contributed by atoms with E-state index in [1.807, 2.05) is 0 Å². The van der Waals surface area contributed by atoms with Crippen molar-refractivity contribution >= 4 is 29.3 Å². The van der Waals surface area contributed by atoms with Gasteiger partial charge in [-0.15, -0.1) is 0 Å². The molecule has 0 amide bonds. The first-order valence-corrected chi connectivity index (χ1v) is 3.01.